The van der Waals surface area contributed by atoms with Gasteiger partial charge in [0.1, 0.15) is 24.4 Å². The van der Waals surface area contributed by atoms with Gasteiger partial charge in [-0.15, -0.1) is 0 Å². The smallest absolute Gasteiger partial charge is 0.306 e. The van der Waals surface area contributed by atoms with Gasteiger partial charge in [0.2, 0.25) is 5.91 Å². The van der Waals surface area contributed by atoms with Crippen LogP contribution in [0, 0.1) is 0 Å². The summed E-state index contributed by atoms with van der Waals surface area (Å²) < 4.78 is 17.5. The maximum atomic E-state index is 13.4. The van der Waals surface area contributed by atoms with Crippen molar-refractivity contribution >= 4 is 11.9 Å². The Morgan fingerprint density at radius 3 is 1.55 bits per heavy atom. The van der Waals surface area contributed by atoms with Crippen LogP contribution in [0.2, 0.25) is 0 Å². The van der Waals surface area contributed by atoms with E-state index in [1.165, 1.54) is 64.2 Å². The Labute approximate surface area is 432 Å². The first-order valence-corrected chi connectivity index (χ1v) is 28.4. The number of hydrogen-bond donors (Lipinski definition) is 6. The van der Waals surface area contributed by atoms with Crippen LogP contribution < -0.4 is 5.32 Å². The molecule has 1 heterocycles. The van der Waals surface area contributed by atoms with Gasteiger partial charge in [-0.1, -0.05) is 209 Å². The largest absolute Gasteiger partial charge is 0.454 e. The molecular weight excluding hydrogens is 895 g/mol. The highest BCUT2D eigenvalue weighted by Crippen LogP contribution is 2.26. The third-order valence-corrected chi connectivity index (χ3v) is 12.8. The Morgan fingerprint density at radius 2 is 1.01 bits per heavy atom. The zero-order valence-electron chi connectivity index (χ0n) is 44.8. The standard InChI is InChI=1S/C60H103NO10/c1-4-7-10-13-16-19-22-25-26-27-28-30-33-36-39-42-45-48-55(65)71-58-57(67)56(66)54(49-62)70-60(58)69-50-51(52(63)46-43-40-37-34-31-24-21-18-15-12-9-6-3)61-59(68)53(64)47-44-41-38-35-32-29-23-20-17-14-11-8-5-2/h8,11,16-17,19-20,25-26,28,30,36,39,43,46,51-54,56-58,60,62-64,66-67H,4-7,9-10,12-15,18,21-24,27,29,31-35,37-38,40-42,44-45,47-50H2,1-3H3,(H,61,68)/b11-8+,19-16-,20-17+,26-25-,30-28-,39-36-,46-43+. The van der Waals surface area contributed by atoms with E-state index in [1.807, 2.05) is 18.2 Å². The first-order chi connectivity index (χ1) is 34.7. The summed E-state index contributed by atoms with van der Waals surface area (Å²) >= 11 is 0. The highest BCUT2D eigenvalue weighted by molar-refractivity contribution is 5.80. The number of allylic oxidation sites excluding steroid dienone is 13. The predicted molar refractivity (Wildman–Crippen MR) is 292 cm³/mol. The van der Waals surface area contributed by atoms with Crippen molar-refractivity contribution in [3.63, 3.8) is 0 Å². The maximum Gasteiger partial charge on any atom is 0.306 e. The minimum atomic E-state index is -1.64. The molecule has 0 aromatic carbocycles. The fourth-order valence-electron chi connectivity index (χ4n) is 8.27. The number of esters is 1. The molecule has 1 amide bonds. The molecule has 1 rings (SSSR count). The van der Waals surface area contributed by atoms with Crippen LogP contribution in [-0.4, -0.2) is 99.6 Å². The van der Waals surface area contributed by atoms with E-state index in [4.69, 9.17) is 14.2 Å². The number of nitrogens with one attached hydrogen (secondary N) is 1. The van der Waals surface area contributed by atoms with E-state index in [2.05, 4.69) is 86.8 Å². The average molecular weight is 998 g/mol. The highest BCUT2D eigenvalue weighted by atomic mass is 16.7. The fraction of sp³-hybridized carbons (Fsp3) is 0.733. The summed E-state index contributed by atoms with van der Waals surface area (Å²) in [7, 11) is 0. The average Bonchev–Trinajstić information content (AvgIpc) is 3.37. The molecule has 6 N–H and O–H groups in total. The molecule has 0 aromatic heterocycles. The lowest BCUT2D eigenvalue weighted by molar-refractivity contribution is -0.305. The zero-order chi connectivity index (χ0) is 51.8. The van der Waals surface area contributed by atoms with Crippen LogP contribution in [0.1, 0.15) is 220 Å². The molecule has 0 radical (unpaired) electrons. The van der Waals surface area contributed by atoms with Crippen LogP contribution in [0.5, 0.6) is 0 Å². The second-order valence-electron chi connectivity index (χ2n) is 19.3. The molecule has 0 aliphatic carbocycles. The number of ether oxygens (including phenoxy) is 3. The van der Waals surface area contributed by atoms with Gasteiger partial charge in [0.15, 0.2) is 12.4 Å². The molecule has 1 aliphatic heterocycles. The molecule has 0 spiro atoms. The van der Waals surface area contributed by atoms with Crippen molar-refractivity contribution in [3.05, 3.63) is 85.1 Å². The zero-order valence-corrected chi connectivity index (χ0v) is 44.8. The molecule has 408 valence electrons. The fourth-order valence-corrected chi connectivity index (χ4v) is 8.27. The molecule has 11 nitrogen and oxygen atoms in total. The molecule has 71 heavy (non-hydrogen) atoms. The Kier molecular flexibility index (Phi) is 44.4. The SMILES string of the molecule is CC/C=C/C/C=C/CCCCCCCCC(O)C(=O)NC(COC1OC(CO)C(O)C(O)C1OC(=O)CCC/C=C\C/C=C\C/C=C\C/C=C\CCCCC)C(O)/C=C/CCCCCCCCCCCC. The van der Waals surface area contributed by atoms with E-state index >= 15 is 0 Å². The highest BCUT2D eigenvalue weighted by Gasteiger charge is 2.47. The van der Waals surface area contributed by atoms with E-state index in [1.54, 1.807) is 6.08 Å². The van der Waals surface area contributed by atoms with Gasteiger partial charge in [0.25, 0.3) is 0 Å². The van der Waals surface area contributed by atoms with E-state index in [0.29, 0.717) is 19.3 Å². The van der Waals surface area contributed by atoms with Crippen molar-refractivity contribution in [2.45, 2.75) is 269 Å². The van der Waals surface area contributed by atoms with E-state index in [-0.39, 0.29) is 19.4 Å². The van der Waals surface area contributed by atoms with Gasteiger partial charge in [0, 0.05) is 6.42 Å². The van der Waals surface area contributed by atoms with Crippen molar-refractivity contribution in [3.8, 4) is 0 Å². The number of aliphatic hydroxyl groups is 5. The van der Waals surface area contributed by atoms with Gasteiger partial charge in [-0.05, 0) is 89.9 Å². The van der Waals surface area contributed by atoms with Crippen LogP contribution in [-0.2, 0) is 23.8 Å². The van der Waals surface area contributed by atoms with Crippen molar-refractivity contribution in [2.75, 3.05) is 13.2 Å². The Bertz CT molecular complexity index is 1470. The van der Waals surface area contributed by atoms with Gasteiger partial charge >= 0.3 is 5.97 Å². The van der Waals surface area contributed by atoms with Gasteiger partial charge in [-0.25, -0.2) is 0 Å². The molecule has 1 aliphatic rings. The summed E-state index contributed by atoms with van der Waals surface area (Å²) in [5, 5.41) is 56.7. The molecule has 1 saturated heterocycles. The molecule has 0 bridgehead atoms. The topological polar surface area (TPSA) is 175 Å². The van der Waals surface area contributed by atoms with Gasteiger partial charge in [-0.2, -0.15) is 0 Å². The number of aliphatic hydroxyl groups excluding tert-OH is 5. The summed E-state index contributed by atoms with van der Waals surface area (Å²) in [6.45, 7) is 5.59. The van der Waals surface area contributed by atoms with Gasteiger partial charge in [0.05, 0.1) is 25.4 Å². The molecule has 0 aromatic rings. The second-order valence-corrected chi connectivity index (χ2v) is 19.3. The third kappa shape index (κ3) is 36.4. The quantitative estimate of drug-likeness (QED) is 0.0196. The number of amides is 1. The predicted octanol–water partition coefficient (Wildman–Crippen LogP) is 12.6. The van der Waals surface area contributed by atoms with E-state index in [9.17, 15) is 35.1 Å². The molecule has 11 heteroatoms. The number of carbonyl (C=O) groups excluding carboxylic acids is 2. The van der Waals surface area contributed by atoms with Crippen LogP contribution in [0.3, 0.4) is 0 Å². The van der Waals surface area contributed by atoms with Crippen LogP contribution >= 0.6 is 0 Å². The Morgan fingerprint density at radius 1 is 0.563 bits per heavy atom. The van der Waals surface area contributed by atoms with Crippen molar-refractivity contribution in [2.24, 2.45) is 0 Å². The van der Waals surface area contributed by atoms with Gasteiger partial charge < -0.3 is 45.1 Å². The number of hydrogen-bond acceptors (Lipinski definition) is 10. The van der Waals surface area contributed by atoms with Crippen molar-refractivity contribution in [1.82, 2.24) is 5.32 Å². The second kappa shape index (κ2) is 47.8. The summed E-state index contributed by atoms with van der Waals surface area (Å²) in [4.78, 5) is 26.4. The molecule has 8 unspecified atom stereocenters. The molecular formula is C60H103NO10. The van der Waals surface area contributed by atoms with E-state index in [0.717, 1.165) is 103 Å². The summed E-state index contributed by atoms with van der Waals surface area (Å²) in [6.07, 6.45) is 50.6. The monoisotopic (exact) mass is 998 g/mol. The summed E-state index contributed by atoms with van der Waals surface area (Å²) in [5.74, 6) is -1.27. The Balaban J connectivity index is 2.78. The normalized spacial score (nSPS) is 20.3. The summed E-state index contributed by atoms with van der Waals surface area (Å²) in [6, 6.07) is -1.04. The van der Waals surface area contributed by atoms with Crippen LogP contribution in [0.15, 0.2) is 85.1 Å². The van der Waals surface area contributed by atoms with Gasteiger partial charge in [-0.3, -0.25) is 9.59 Å². The Hall–Kier alpha value is -3.16. The first-order valence-electron chi connectivity index (χ1n) is 28.4. The third-order valence-electron chi connectivity index (χ3n) is 12.8. The number of carbonyl (C=O) groups is 2. The number of rotatable bonds is 46. The molecule has 8 atom stereocenters. The van der Waals surface area contributed by atoms with Crippen molar-refractivity contribution in [1.29, 1.82) is 0 Å². The lowest BCUT2D eigenvalue weighted by Crippen LogP contribution is -2.61. The maximum absolute atomic E-state index is 13.4. The minimum absolute atomic E-state index is 0.0433. The molecule has 1 fully saturated rings. The van der Waals surface area contributed by atoms with E-state index < -0.39 is 67.4 Å². The lowest BCUT2D eigenvalue weighted by Gasteiger charge is -2.41. The van der Waals surface area contributed by atoms with Crippen molar-refractivity contribution < 1.29 is 49.3 Å². The van der Waals surface area contributed by atoms with Crippen LogP contribution in [0.25, 0.3) is 0 Å². The first kappa shape index (κ1) is 65.9. The number of unbranched alkanes of at least 4 members (excludes halogenated alkanes) is 20. The van der Waals surface area contributed by atoms with Crippen LogP contribution in [0.4, 0.5) is 0 Å². The summed E-state index contributed by atoms with van der Waals surface area (Å²) in [5.41, 5.74) is 0. The molecule has 0 saturated carbocycles. The minimum Gasteiger partial charge on any atom is -0.454 e. The lowest BCUT2D eigenvalue weighted by atomic mass is 9.99.